The summed E-state index contributed by atoms with van der Waals surface area (Å²) in [5, 5.41) is 39.1. The van der Waals surface area contributed by atoms with Gasteiger partial charge < -0.3 is 24.8 Å². The molecule has 1 aromatic rings. The molecule has 4 atom stereocenters. The van der Waals surface area contributed by atoms with Gasteiger partial charge in [-0.15, -0.1) is 0 Å². The number of ether oxygens (including phenoxy) is 2. The van der Waals surface area contributed by atoms with Crippen LogP contribution in [0.25, 0.3) is 0 Å². The molecule has 0 bridgehead atoms. The van der Waals surface area contributed by atoms with Gasteiger partial charge in [0.05, 0.1) is 22.7 Å². The minimum Gasteiger partial charge on any atom is -0.483 e. The summed E-state index contributed by atoms with van der Waals surface area (Å²) in [5.74, 6) is 0.129. The van der Waals surface area contributed by atoms with Crippen LogP contribution in [0.2, 0.25) is 5.02 Å². The van der Waals surface area contributed by atoms with E-state index in [9.17, 15) is 20.3 Å². The van der Waals surface area contributed by atoms with Crippen molar-refractivity contribution >= 4 is 17.3 Å². The third kappa shape index (κ3) is 3.60. The lowest BCUT2D eigenvalue weighted by molar-refractivity contribution is -0.384. The van der Waals surface area contributed by atoms with Gasteiger partial charge >= 0.3 is 0 Å². The maximum atomic E-state index is 10.6. The Kier molecular flexibility index (Phi) is 4.96. The number of benzene rings is 1. The monoisotopic (exact) mass is 319 g/mol. The quantitative estimate of drug-likeness (QED) is 0.544. The molecule has 2 rings (SSSR count). The van der Waals surface area contributed by atoms with Crippen LogP contribution in [0.1, 0.15) is 6.42 Å². The highest BCUT2D eigenvalue weighted by molar-refractivity contribution is 6.32. The van der Waals surface area contributed by atoms with Crippen molar-refractivity contribution in [3.63, 3.8) is 0 Å². The zero-order valence-electron chi connectivity index (χ0n) is 10.8. The molecule has 21 heavy (non-hydrogen) atoms. The van der Waals surface area contributed by atoms with E-state index < -0.39 is 36.1 Å². The Hall–Kier alpha value is -1.45. The summed E-state index contributed by atoms with van der Waals surface area (Å²) in [4.78, 5) is 10.0. The first-order valence-corrected chi connectivity index (χ1v) is 6.53. The molecule has 0 unspecified atom stereocenters. The first kappa shape index (κ1) is 15.9. The Morgan fingerprint density at radius 2 is 2.19 bits per heavy atom. The van der Waals surface area contributed by atoms with Crippen LogP contribution in [0.15, 0.2) is 18.2 Å². The van der Waals surface area contributed by atoms with E-state index in [1.165, 1.54) is 12.1 Å². The largest absolute Gasteiger partial charge is 0.483 e. The fraction of sp³-hybridized carbons (Fsp3) is 0.500. The Morgan fingerprint density at radius 1 is 1.48 bits per heavy atom. The highest BCUT2D eigenvalue weighted by Crippen LogP contribution is 2.31. The van der Waals surface area contributed by atoms with Gasteiger partial charge in [-0.2, -0.15) is 0 Å². The van der Waals surface area contributed by atoms with Gasteiger partial charge in [-0.3, -0.25) is 10.1 Å². The van der Waals surface area contributed by atoms with Crippen molar-refractivity contribution < 1.29 is 29.7 Å². The number of halogens is 1. The fourth-order valence-electron chi connectivity index (χ4n) is 2.00. The summed E-state index contributed by atoms with van der Waals surface area (Å²) in [6, 6.07) is 3.64. The second-order valence-electron chi connectivity index (χ2n) is 4.58. The van der Waals surface area contributed by atoms with E-state index in [0.29, 0.717) is 0 Å². The summed E-state index contributed by atoms with van der Waals surface area (Å²) in [6.07, 6.45) is -4.11. The third-order valence-corrected chi connectivity index (χ3v) is 3.42. The lowest BCUT2D eigenvalue weighted by Crippen LogP contribution is -2.50. The normalized spacial score (nSPS) is 29.1. The average molecular weight is 320 g/mol. The number of nitrogens with zero attached hydrogens (tertiary/aromatic N) is 1. The van der Waals surface area contributed by atoms with Crippen molar-refractivity contribution in [1.82, 2.24) is 0 Å². The van der Waals surface area contributed by atoms with Crippen LogP contribution in [0.5, 0.6) is 5.75 Å². The predicted octanol–water partition coefficient (Wildman–Crippen LogP) is 0.456. The van der Waals surface area contributed by atoms with Crippen LogP contribution in [0.4, 0.5) is 5.69 Å². The van der Waals surface area contributed by atoms with E-state index in [1.54, 1.807) is 0 Å². The molecule has 1 aliphatic rings. The zero-order chi connectivity index (χ0) is 15.6. The van der Waals surface area contributed by atoms with E-state index in [1.807, 2.05) is 0 Å². The summed E-state index contributed by atoms with van der Waals surface area (Å²) < 4.78 is 10.4. The standard InChI is InChI=1S/C12H14ClNO7/c13-7-3-6(14(18)19)1-2-9(7)20-10-4-8(16)11(5-15)21-12(10)17/h1-3,8,10-12,15-17H,4-5H2/t8-,10-,11-,12-/m1/s1. The van der Waals surface area contributed by atoms with Crippen molar-refractivity contribution in [2.75, 3.05) is 6.61 Å². The Balaban J connectivity index is 2.09. The maximum Gasteiger partial charge on any atom is 0.271 e. The van der Waals surface area contributed by atoms with Crippen LogP contribution in [0, 0.1) is 10.1 Å². The number of aliphatic hydroxyl groups excluding tert-OH is 3. The zero-order valence-corrected chi connectivity index (χ0v) is 11.5. The second-order valence-corrected chi connectivity index (χ2v) is 4.99. The van der Waals surface area contributed by atoms with Crippen molar-refractivity contribution in [3.05, 3.63) is 33.3 Å². The summed E-state index contributed by atoms with van der Waals surface area (Å²) in [7, 11) is 0. The van der Waals surface area contributed by atoms with E-state index >= 15 is 0 Å². The van der Waals surface area contributed by atoms with Crippen molar-refractivity contribution in [2.45, 2.75) is 31.0 Å². The van der Waals surface area contributed by atoms with Crippen molar-refractivity contribution in [2.24, 2.45) is 0 Å². The number of hydrogen-bond acceptors (Lipinski definition) is 7. The van der Waals surface area contributed by atoms with Gasteiger partial charge in [0.2, 0.25) is 0 Å². The highest BCUT2D eigenvalue weighted by Gasteiger charge is 2.37. The van der Waals surface area contributed by atoms with Gasteiger partial charge in [-0.1, -0.05) is 11.6 Å². The molecule has 0 aromatic heterocycles. The molecule has 1 heterocycles. The minimum atomic E-state index is -1.35. The third-order valence-electron chi connectivity index (χ3n) is 3.12. The number of rotatable bonds is 4. The molecule has 0 radical (unpaired) electrons. The number of nitro groups is 1. The first-order valence-electron chi connectivity index (χ1n) is 6.15. The topological polar surface area (TPSA) is 122 Å². The Morgan fingerprint density at radius 3 is 2.76 bits per heavy atom. The number of non-ortho nitro benzene ring substituents is 1. The van der Waals surface area contributed by atoms with Gasteiger partial charge in [0.25, 0.3) is 5.69 Å². The smallest absolute Gasteiger partial charge is 0.271 e. The van der Waals surface area contributed by atoms with Gasteiger partial charge in [0.1, 0.15) is 11.9 Å². The molecule has 0 aliphatic carbocycles. The molecule has 9 heteroatoms. The first-order chi connectivity index (χ1) is 9.92. The molecule has 1 aliphatic heterocycles. The van der Waals surface area contributed by atoms with Crippen molar-refractivity contribution in [3.8, 4) is 5.75 Å². The molecule has 3 N–H and O–H groups in total. The average Bonchev–Trinajstić information content (AvgIpc) is 2.44. The molecule has 1 saturated heterocycles. The predicted molar refractivity (Wildman–Crippen MR) is 71.1 cm³/mol. The van der Waals surface area contributed by atoms with Gasteiger partial charge in [0.15, 0.2) is 12.4 Å². The minimum absolute atomic E-state index is 0.00942. The molecule has 8 nitrogen and oxygen atoms in total. The van der Waals surface area contributed by atoms with E-state index in [-0.39, 0.29) is 22.9 Å². The van der Waals surface area contributed by atoms with E-state index in [0.717, 1.165) is 6.07 Å². The Bertz CT molecular complexity index is 526. The van der Waals surface area contributed by atoms with Crippen LogP contribution in [0.3, 0.4) is 0 Å². The van der Waals surface area contributed by atoms with Gasteiger partial charge in [-0.25, -0.2) is 0 Å². The number of nitro benzene ring substituents is 1. The van der Waals surface area contributed by atoms with Gasteiger partial charge in [-0.05, 0) is 6.07 Å². The lowest BCUT2D eigenvalue weighted by Gasteiger charge is -2.36. The number of hydrogen-bond donors (Lipinski definition) is 3. The molecule has 1 fully saturated rings. The molecule has 0 saturated carbocycles. The van der Waals surface area contributed by atoms with Crippen LogP contribution in [-0.4, -0.2) is 51.5 Å². The van der Waals surface area contributed by atoms with Gasteiger partial charge in [0, 0.05) is 18.6 Å². The fourth-order valence-corrected chi connectivity index (χ4v) is 2.22. The number of aliphatic hydroxyl groups is 3. The molecular weight excluding hydrogens is 306 g/mol. The summed E-state index contributed by atoms with van der Waals surface area (Å²) in [6.45, 7) is -0.427. The van der Waals surface area contributed by atoms with E-state index in [4.69, 9.17) is 26.2 Å². The molecule has 0 spiro atoms. The summed E-state index contributed by atoms with van der Waals surface area (Å²) in [5.41, 5.74) is -0.187. The highest BCUT2D eigenvalue weighted by atomic mass is 35.5. The van der Waals surface area contributed by atoms with Crippen LogP contribution in [-0.2, 0) is 4.74 Å². The SMILES string of the molecule is O=[N+]([O-])c1ccc(O[C@@H]2C[C@@H](O)[C@@H](CO)O[C@H]2O)c(Cl)c1. The van der Waals surface area contributed by atoms with Crippen LogP contribution >= 0.6 is 11.6 Å². The molecular formula is C12H14ClNO7. The van der Waals surface area contributed by atoms with E-state index in [2.05, 4.69) is 0 Å². The molecule has 116 valence electrons. The maximum absolute atomic E-state index is 10.6. The van der Waals surface area contributed by atoms with Crippen molar-refractivity contribution in [1.29, 1.82) is 0 Å². The Labute approximate surface area is 124 Å². The second kappa shape index (κ2) is 6.54. The summed E-state index contributed by atoms with van der Waals surface area (Å²) >= 11 is 5.88. The molecule has 0 amide bonds. The van der Waals surface area contributed by atoms with Crippen LogP contribution < -0.4 is 4.74 Å². The lowest BCUT2D eigenvalue weighted by atomic mass is 10.0. The molecule has 1 aromatic carbocycles.